The van der Waals surface area contributed by atoms with E-state index in [1.807, 2.05) is 66.7 Å². The largest absolute Gasteiger partial charge is 0.392 e. The minimum Gasteiger partial charge on any atom is -0.392 e. The SMILES string of the molecule is C[C@@H]1[C@H](CSc2ccccn2)O[C@H](c2ccc(CNS(=O)(=O)c3ccccc3)cc2)O[C@@H]1c1ccc(CO)cc1. The molecule has 0 unspecified atom stereocenters. The maximum atomic E-state index is 12.6. The van der Waals surface area contributed by atoms with Crippen molar-refractivity contribution in [2.45, 2.75) is 48.5 Å². The van der Waals surface area contributed by atoms with Gasteiger partial charge >= 0.3 is 0 Å². The third-order valence-electron chi connectivity index (χ3n) is 6.93. The maximum Gasteiger partial charge on any atom is 0.240 e. The molecule has 1 saturated heterocycles. The molecule has 3 aromatic carbocycles. The molecule has 5 rings (SSSR count). The Balaban J connectivity index is 1.32. The van der Waals surface area contributed by atoms with Crippen LogP contribution in [0.2, 0.25) is 0 Å². The van der Waals surface area contributed by atoms with Crippen molar-refractivity contribution in [3.63, 3.8) is 0 Å². The number of benzene rings is 3. The van der Waals surface area contributed by atoms with E-state index in [1.54, 1.807) is 48.3 Å². The van der Waals surface area contributed by atoms with Gasteiger partial charge in [0.2, 0.25) is 10.0 Å². The highest BCUT2D eigenvalue weighted by molar-refractivity contribution is 7.99. The second kappa shape index (κ2) is 13.1. The predicted octanol–water partition coefficient (Wildman–Crippen LogP) is 5.64. The second-order valence-electron chi connectivity index (χ2n) is 9.68. The van der Waals surface area contributed by atoms with Gasteiger partial charge in [0.05, 0.1) is 28.7 Å². The van der Waals surface area contributed by atoms with Gasteiger partial charge in [-0.25, -0.2) is 18.1 Å². The van der Waals surface area contributed by atoms with Crippen LogP contribution in [0.15, 0.2) is 113 Å². The van der Waals surface area contributed by atoms with Crippen LogP contribution in [-0.4, -0.2) is 30.4 Å². The molecule has 1 aliphatic heterocycles. The van der Waals surface area contributed by atoms with Gasteiger partial charge in [-0.1, -0.05) is 79.7 Å². The molecule has 0 amide bonds. The number of hydrogen-bond donors (Lipinski definition) is 2. The van der Waals surface area contributed by atoms with Crippen molar-refractivity contribution in [3.8, 4) is 0 Å². The highest BCUT2D eigenvalue weighted by Gasteiger charge is 2.38. The number of sulfonamides is 1. The fraction of sp³-hybridized carbons (Fsp3) is 0.258. The van der Waals surface area contributed by atoms with E-state index in [0.717, 1.165) is 27.3 Å². The number of pyridine rings is 1. The van der Waals surface area contributed by atoms with Crippen molar-refractivity contribution in [1.82, 2.24) is 9.71 Å². The molecule has 7 nitrogen and oxygen atoms in total. The first-order valence-corrected chi connectivity index (χ1v) is 15.6. The van der Waals surface area contributed by atoms with E-state index in [-0.39, 0.29) is 36.2 Å². The standard InChI is InChI=1S/C31H32N2O5S2/c1-22-28(21-39-29-9-5-6-18-32-29)37-31(38-30(22)25-14-12-24(20-34)13-15-25)26-16-10-23(11-17-26)19-33-40(35,36)27-7-3-2-4-8-27/h2-18,22,28,30-31,33-34H,19-21H2,1H3/t22-,28+,30+,31+/m1/s1. The Morgan fingerprint density at radius 2 is 1.52 bits per heavy atom. The molecule has 2 N–H and O–H groups in total. The summed E-state index contributed by atoms with van der Waals surface area (Å²) in [6, 6.07) is 29.6. The Hall–Kier alpha value is -3.05. The zero-order valence-electron chi connectivity index (χ0n) is 22.1. The van der Waals surface area contributed by atoms with Crippen molar-refractivity contribution in [3.05, 3.63) is 126 Å². The van der Waals surface area contributed by atoms with Gasteiger partial charge in [0, 0.05) is 30.0 Å². The van der Waals surface area contributed by atoms with Gasteiger partial charge in [0.25, 0.3) is 0 Å². The highest BCUT2D eigenvalue weighted by Crippen LogP contribution is 2.42. The van der Waals surface area contributed by atoms with E-state index in [0.29, 0.717) is 5.75 Å². The van der Waals surface area contributed by atoms with Crippen LogP contribution in [0.4, 0.5) is 0 Å². The second-order valence-corrected chi connectivity index (χ2v) is 12.5. The lowest BCUT2D eigenvalue weighted by atomic mass is 9.91. The van der Waals surface area contributed by atoms with Gasteiger partial charge in [0.15, 0.2) is 6.29 Å². The van der Waals surface area contributed by atoms with Crippen molar-refractivity contribution in [2.75, 3.05) is 5.75 Å². The molecule has 208 valence electrons. The van der Waals surface area contributed by atoms with E-state index in [4.69, 9.17) is 9.47 Å². The quantitative estimate of drug-likeness (QED) is 0.236. The highest BCUT2D eigenvalue weighted by atomic mass is 32.2. The Morgan fingerprint density at radius 1 is 0.850 bits per heavy atom. The molecule has 40 heavy (non-hydrogen) atoms. The minimum absolute atomic E-state index is 0.00963. The number of thioether (sulfide) groups is 1. The molecule has 9 heteroatoms. The summed E-state index contributed by atoms with van der Waals surface area (Å²) in [5, 5.41) is 10.4. The first-order chi connectivity index (χ1) is 19.4. The molecule has 1 aliphatic rings. The molecule has 0 spiro atoms. The Labute approximate surface area is 239 Å². The zero-order valence-corrected chi connectivity index (χ0v) is 23.7. The first-order valence-electron chi connectivity index (χ1n) is 13.1. The van der Waals surface area contributed by atoms with E-state index in [2.05, 4.69) is 16.6 Å². The topological polar surface area (TPSA) is 97.8 Å². The Kier molecular flexibility index (Phi) is 9.31. The van der Waals surface area contributed by atoms with Crippen molar-refractivity contribution in [1.29, 1.82) is 0 Å². The lowest BCUT2D eigenvalue weighted by molar-refractivity contribution is -0.268. The summed E-state index contributed by atoms with van der Waals surface area (Å²) >= 11 is 1.65. The third kappa shape index (κ3) is 6.98. The molecule has 4 atom stereocenters. The average Bonchev–Trinajstić information content (AvgIpc) is 3.01. The smallest absolute Gasteiger partial charge is 0.240 e. The normalized spacial score (nSPS) is 21.2. The number of rotatable bonds is 10. The number of nitrogens with zero attached hydrogens (tertiary/aromatic N) is 1. The van der Waals surface area contributed by atoms with E-state index in [9.17, 15) is 13.5 Å². The van der Waals surface area contributed by atoms with Gasteiger partial charge in [-0.3, -0.25) is 0 Å². The lowest BCUT2D eigenvalue weighted by Gasteiger charge is -2.41. The number of aliphatic hydroxyl groups is 1. The van der Waals surface area contributed by atoms with Crippen LogP contribution < -0.4 is 4.72 Å². The van der Waals surface area contributed by atoms with Crippen LogP contribution in [-0.2, 0) is 32.6 Å². The maximum absolute atomic E-state index is 12.6. The van der Waals surface area contributed by atoms with Crippen molar-refractivity contribution >= 4 is 21.8 Å². The van der Waals surface area contributed by atoms with Crippen molar-refractivity contribution < 1.29 is 23.0 Å². The number of nitrogens with one attached hydrogen (secondary N) is 1. The van der Waals surface area contributed by atoms with Crippen LogP contribution in [0.1, 0.15) is 41.6 Å². The van der Waals surface area contributed by atoms with Crippen LogP contribution >= 0.6 is 11.8 Å². The molecule has 2 heterocycles. The van der Waals surface area contributed by atoms with Gasteiger partial charge in [-0.05, 0) is 41.0 Å². The number of aliphatic hydroxyl groups excluding tert-OH is 1. The summed E-state index contributed by atoms with van der Waals surface area (Å²) in [7, 11) is -3.60. The molecular weight excluding hydrogens is 544 g/mol. The first kappa shape index (κ1) is 28.5. The summed E-state index contributed by atoms with van der Waals surface area (Å²) in [4.78, 5) is 4.66. The van der Waals surface area contributed by atoms with E-state index in [1.165, 1.54) is 0 Å². The summed E-state index contributed by atoms with van der Waals surface area (Å²) in [5.41, 5.74) is 3.55. The molecule has 4 aromatic rings. The van der Waals surface area contributed by atoms with Crippen LogP contribution in [0.5, 0.6) is 0 Å². The number of ether oxygens (including phenoxy) is 2. The molecule has 1 aromatic heterocycles. The minimum atomic E-state index is -3.60. The molecule has 0 bridgehead atoms. The molecule has 0 saturated carbocycles. The van der Waals surface area contributed by atoms with Crippen molar-refractivity contribution in [2.24, 2.45) is 5.92 Å². The summed E-state index contributed by atoms with van der Waals surface area (Å²) in [5.74, 6) is 0.780. The fourth-order valence-electron chi connectivity index (χ4n) is 4.56. The van der Waals surface area contributed by atoms with Crippen LogP contribution in [0, 0.1) is 5.92 Å². The third-order valence-corrected chi connectivity index (χ3v) is 9.38. The molecule has 1 fully saturated rings. The van der Waals surface area contributed by atoms with Gasteiger partial charge in [0.1, 0.15) is 0 Å². The van der Waals surface area contributed by atoms with Crippen LogP contribution in [0.25, 0.3) is 0 Å². The predicted molar refractivity (Wildman–Crippen MR) is 155 cm³/mol. The summed E-state index contributed by atoms with van der Waals surface area (Å²) < 4.78 is 40.8. The lowest BCUT2D eigenvalue weighted by Crippen LogP contribution is -2.38. The van der Waals surface area contributed by atoms with Gasteiger partial charge < -0.3 is 14.6 Å². The monoisotopic (exact) mass is 576 g/mol. The number of aromatic nitrogens is 1. The van der Waals surface area contributed by atoms with E-state index >= 15 is 0 Å². The number of hydrogen-bond acceptors (Lipinski definition) is 7. The Bertz CT molecular complexity index is 1470. The summed E-state index contributed by atoms with van der Waals surface area (Å²) in [6.07, 6.45) is 0.874. The fourth-order valence-corrected chi connectivity index (χ4v) is 6.63. The molecular formula is C31H32N2O5S2. The van der Waals surface area contributed by atoms with Gasteiger partial charge in [-0.2, -0.15) is 0 Å². The Morgan fingerprint density at radius 3 is 2.20 bits per heavy atom. The average molecular weight is 577 g/mol. The summed E-state index contributed by atoms with van der Waals surface area (Å²) in [6.45, 7) is 2.29. The zero-order chi connectivity index (χ0) is 28.0. The molecule has 0 radical (unpaired) electrons. The molecule has 0 aliphatic carbocycles. The van der Waals surface area contributed by atoms with Crippen LogP contribution in [0.3, 0.4) is 0 Å². The van der Waals surface area contributed by atoms with Gasteiger partial charge in [-0.15, -0.1) is 11.8 Å². The van der Waals surface area contributed by atoms with E-state index < -0.39 is 16.3 Å².